The highest BCUT2D eigenvalue weighted by atomic mass is 32.4. The molecule has 0 saturated heterocycles. The molecule has 0 aromatic heterocycles. The molecular formula is C8H21N2PS. The summed E-state index contributed by atoms with van der Waals surface area (Å²) in [4.78, 5) is 0. The Balaban J connectivity index is 5.11. The lowest BCUT2D eigenvalue weighted by molar-refractivity contribution is 0.684. The van der Waals surface area contributed by atoms with E-state index < -0.39 is 6.19 Å². The van der Waals surface area contributed by atoms with Crippen molar-refractivity contribution in [3.8, 4) is 0 Å². The van der Waals surface area contributed by atoms with Crippen LogP contribution in [-0.4, -0.2) is 10.3 Å². The van der Waals surface area contributed by atoms with Crippen molar-refractivity contribution in [3.63, 3.8) is 0 Å². The van der Waals surface area contributed by atoms with Gasteiger partial charge in [0.15, 0.2) is 0 Å². The Morgan fingerprint density at radius 1 is 1.00 bits per heavy atom. The van der Waals surface area contributed by atoms with Gasteiger partial charge in [0, 0.05) is 16.5 Å². The summed E-state index contributed by atoms with van der Waals surface area (Å²) < 4.78 is 0. The molecule has 0 radical (unpaired) electrons. The van der Waals surface area contributed by atoms with E-state index >= 15 is 0 Å². The molecule has 0 fully saturated rings. The van der Waals surface area contributed by atoms with Crippen LogP contribution in [0.2, 0.25) is 0 Å². The summed E-state index contributed by atoms with van der Waals surface area (Å²) in [7, 11) is 0. The van der Waals surface area contributed by atoms with E-state index in [0.29, 0.717) is 0 Å². The minimum atomic E-state index is -1.71. The summed E-state index contributed by atoms with van der Waals surface area (Å²) >= 11 is 5.65. The molecule has 0 aliphatic carbocycles. The summed E-state index contributed by atoms with van der Waals surface area (Å²) in [5, 5.41) is 3.04. The van der Waals surface area contributed by atoms with Crippen molar-refractivity contribution < 1.29 is 0 Å². The van der Waals surface area contributed by atoms with Crippen molar-refractivity contribution in [3.05, 3.63) is 0 Å². The normalized spacial score (nSPS) is 14.9. The Labute approximate surface area is 81.3 Å². The lowest BCUT2D eigenvalue weighted by Crippen LogP contribution is -2.39. The minimum absolute atomic E-state index is 0.0787. The van der Waals surface area contributed by atoms with Gasteiger partial charge in [0.2, 0.25) is 0 Å². The summed E-state index contributed by atoms with van der Waals surface area (Å²) in [6.07, 6.45) is -1.71. The van der Waals surface area contributed by atoms with E-state index in [1.54, 1.807) is 0 Å². The fourth-order valence-electron chi connectivity index (χ4n) is 1.39. The van der Waals surface area contributed by atoms with Gasteiger partial charge < -0.3 is 0 Å². The zero-order chi connectivity index (χ0) is 10.2. The van der Waals surface area contributed by atoms with Crippen LogP contribution in [0.25, 0.3) is 0 Å². The SMILES string of the molecule is CC(C)(C)P(=S)(NN)C(C)(C)C. The van der Waals surface area contributed by atoms with E-state index in [2.05, 4.69) is 46.7 Å². The number of nitrogens with one attached hydrogen (secondary N) is 1. The predicted octanol–water partition coefficient (Wildman–Crippen LogP) is 2.44. The molecule has 0 amide bonds. The largest absolute Gasteiger partial charge is 0.267 e. The molecule has 0 atom stereocenters. The smallest absolute Gasteiger partial charge is 0.0354 e. The van der Waals surface area contributed by atoms with Crippen LogP contribution in [0.15, 0.2) is 0 Å². The van der Waals surface area contributed by atoms with E-state index in [0.717, 1.165) is 0 Å². The quantitative estimate of drug-likeness (QED) is 0.395. The third-order valence-corrected chi connectivity index (χ3v) is 9.82. The fraction of sp³-hybridized carbons (Fsp3) is 1.00. The van der Waals surface area contributed by atoms with E-state index in [1.807, 2.05) is 0 Å². The first-order chi connectivity index (χ1) is 5.06. The zero-order valence-corrected chi connectivity index (χ0v) is 10.6. The summed E-state index contributed by atoms with van der Waals surface area (Å²) in [5.41, 5.74) is 0. The molecule has 0 unspecified atom stereocenters. The fourth-order valence-corrected chi connectivity index (χ4v) is 4.18. The monoisotopic (exact) mass is 208 g/mol. The highest BCUT2D eigenvalue weighted by molar-refractivity contribution is 8.15. The maximum atomic E-state index is 5.65. The molecule has 0 aliphatic rings. The van der Waals surface area contributed by atoms with Crippen molar-refractivity contribution in [2.45, 2.75) is 51.9 Å². The van der Waals surface area contributed by atoms with Gasteiger partial charge in [0.25, 0.3) is 0 Å². The molecule has 0 aliphatic heterocycles. The van der Waals surface area contributed by atoms with Gasteiger partial charge in [-0.1, -0.05) is 53.3 Å². The standard InChI is InChI=1S/C8H21N2PS/c1-7(2,3)11(12,10-9)8(4,5)6/h9H2,1-6H3,(H,10,12). The Morgan fingerprint density at radius 3 is 1.25 bits per heavy atom. The van der Waals surface area contributed by atoms with Crippen LogP contribution in [0.5, 0.6) is 0 Å². The van der Waals surface area contributed by atoms with Crippen molar-refractivity contribution in [2.24, 2.45) is 5.84 Å². The number of hydrazine groups is 1. The van der Waals surface area contributed by atoms with Gasteiger partial charge in [-0.2, -0.15) is 0 Å². The number of hydrogen-bond donors (Lipinski definition) is 2. The van der Waals surface area contributed by atoms with Gasteiger partial charge >= 0.3 is 0 Å². The van der Waals surface area contributed by atoms with E-state index in [9.17, 15) is 0 Å². The van der Waals surface area contributed by atoms with Crippen molar-refractivity contribution in [2.75, 3.05) is 0 Å². The second-order valence-electron chi connectivity index (χ2n) is 5.08. The first kappa shape index (κ1) is 12.6. The predicted molar refractivity (Wildman–Crippen MR) is 61.1 cm³/mol. The van der Waals surface area contributed by atoms with Crippen molar-refractivity contribution in [1.29, 1.82) is 0 Å². The van der Waals surface area contributed by atoms with E-state index in [4.69, 9.17) is 17.6 Å². The molecule has 0 spiro atoms. The maximum Gasteiger partial charge on any atom is 0.0354 e. The molecule has 3 N–H and O–H groups in total. The van der Waals surface area contributed by atoms with Gasteiger partial charge in [0.1, 0.15) is 0 Å². The molecule has 0 saturated carbocycles. The first-order valence-electron chi connectivity index (χ1n) is 4.14. The Hall–Kier alpha value is 0.570. The molecule has 12 heavy (non-hydrogen) atoms. The van der Waals surface area contributed by atoms with Gasteiger partial charge in [-0.25, -0.2) is 5.20 Å². The molecular weight excluding hydrogens is 187 g/mol. The molecule has 74 valence electrons. The lowest BCUT2D eigenvalue weighted by atomic mass is 10.2. The number of hydrogen-bond acceptors (Lipinski definition) is 2. The summed E-state index contributed by atoms with van der Waals surface area (Å²) in [6, 6.07) is 0. The number of nitrogens with two attached hydrogens (primary N) is 1. The molecule has 0 aromatic carbocycles. The molecule has 4 heteroatoms. The highest BCUT2D eigenvalue weighted by Gasteiger charge is 2.40. The van der Waals surface area contributed by atoms with Gasteiger partial charge in [-0.15, -0.1) is 0 Å². The van der Waals surface area contributed by atoms with Crippen molar-refractivity contribution in [1.82, 2.24) is 5.20 Å². The summed E-state index contributed by atoms with van der Waals surface area (Å²) in [6.45, 7) is 12.9. The Morgan fingerprint density at radius 2 is 1.25 bits per heavy atom. The topological polar surface area (TPSA) is 38.0 Å². The van der Waals surface area contributed by atoms with Gasteiger partial charge in [-0.3, -0.25) is 5.84 Å². The van der Waals surface area contributed by atoms with Crippen LogP contribution < -0.4 is 11.0 Å². The Bertz CT molecular complexity index is 182. The summed E-state index contributed by atoms with van der Waals surface area (Å²) in [5.74, 6) is 5.57. The first-order valence-corrected chi connectivity index (χ1v) is 6.94. The second kappa shape index (κ2) is 3.38. The molecule has 0 aromatic rings. The van der Waals surface area contributed by atoms with E-state index in [-0.39, 0.29) is 10.3 Å². The average molecular weight is 208 g/mol. The third kappa shape index (κ3) is 2.08. The maximum absolute atomic E-state index is 5.65. The number of rotatable bonds is 1. The molecule has 0 heterocycles. The average Bonchev–Trinajstić information content (AvgIpc) is 1.81. The molecule has 0 rings (SSSR count). The zero-order valence-electron chi connectivity index (χ0n) is 8.93. The molecule has 0 bridgehead atoms. The van der Waals surface area contributed by atoms with Crippen LogP contribution in [0.3, 0.4) is 0 Å². The van der Waals surface area contributed by atoms with Crippen LogP contribution in [-0.2, 0) is 11.8 Å². The highest BCUT2D eigenvalue weighted by Crippen LogP contribution is 2.62. The van der Waals surface area contributed by atoms with Crippen molar-refractivity contribution >= 4 is 18.0 Å². The van der Waals surface area contributed by atoms with Gasteiger partial charge in [-0.05, 0) is 0 Å². The van der Waals surface area contributed by atoms with Crippen LogP contribution in [0.4, 0.5) is 0 Å². The minimum Gasteiger partial charge on any atom is -0.267 e. The lowest BCUT2D eigenvalue weighted by Gasteiger charge is -2.44. The third-order valence-electron chi connectivity index (χ3n) is 2.07. The van der Waals surface area contributed by atoms with Crippen LogP contribution in [0, 0.1) is 0 Å². The van der Waals surface area contributed by atoms with Gasteiger partial charge in [0.05, 0.1) is 0 Å². The Kier molecular flexibility index (Phi) is 3.54. The van der Waals surface area contributed by atoms with E-state index in [1.165, 1.54) is 0 Å². The molecule has 2 nitrogen and oxygen atoms in total. The van der Waals surface area contributed by atoms with Crippen LogP contribution >= 0.6 is 6.19 Å². The van der Waals surface area contributed by atoms with Crippen LogP contribution in [0.1, 0.15) is 41.5 Å². The second-order valence-corrected chi connectivity index (χ2v) is 10.9.